The van der Waals surface area contributed by atoms with Gasteiger partial charge in [0.15, 0.2) is 0 Å². The molecule has 0 aliphatic heterocycles. The maximum Gasteiger partial charge on any atom is 0.335 e. The first-order chi connectivity index (χ1) is 7.66. The van der Waals surface area contributed by atoms with E-state index >= 15 is 0 Å². The number of halogens is 1. The van der Waals surface area contributed by atoms with Gasteiger partial charge >= 0.3 is 5.97 Å². The van der Waals surface area contributed by atoms with E-state index < -0.39 is 5.97 Å². The van der Waals surface area contributed by atoms with Crippen molar-refractivity contribution < 1.29 is 14.6 Å². The molecule has 16 heavy (non-hydrogen) atoms. The quantitative estimate of drug-likeness (QED) is 0.881. The number of hydrogen-bond donors (Lipinski definition) is 1. The third-order valence-corrected chi connectivity index (χ3v) is 3.07. The van der Waals surface area contributed by atoms with E-state index in [1.165, 1.54) is 25.0 Å². The molecule has 1 saturated carbocycles. The van der Waals surface area contributed by atoms with E-state index in [4.69, 9.17) is 21.4 Å². The van der Waals surface area contributed by atoms with Crippen molar-refractivity contribution in [2.45, 2.75) is 31.8 Å². The number of carboxylic acid groups (broad SMARTS) is 1. The van der Waals surface area contributed by atoms with E-state index in [-0.39, 0.29) is 11.7 Å². The number of carbonyl (C=O) groups is 1. The van der Waals surface area contributed by atoms with Gasteiger partial charge in [-0.3, -0.25) is 0 Å². The maximum atomic E-state index is 10.7. The molecule has 1 aliphatic rings. The molecule has 0 bridgehead atoms. The second-order valence-electron chi connectivity index (χ2n) is 3.97. The minimum Gasteiger partial charge on any atom is -0.489 e. The summed E-state index contributed by atoms with van der Waals surface area (Å²) in [7, 11) is 0. The van der Waals surface area contributed by atoms with Crippen LogP contribution in [0.1, 0.15) is 36.0 Å². The Kier molecular flexibility index (Phi) is 3.34. The molecule has 0 aromatic heterocycles. The molecular weight excluding hydrogens is 228 g/mol. The third-order valence-electron chi connectivity index (χ3n) is 2.77. The summed E-state index contributed by atoms with van der Waals surface area (Å²) in [5, 5.41) is 9.15. The number of aromatic carboxylic acids is 1. The van der Waals surface area contributed by atoms with Crippen molar-refractivity contribution >= 4 is 17.6 Å². The van der Waals surface area contributed by atoms with Crippen LogP contribution in [0.4, 0.5) is 0 Å². The Balaban J connectivity index is 2.12. The van der Waals surface area contributed by atoms with Crippen molar-refractivity contribution in [3.63, 3.8) is 0 Å². The first kappa shape index (κ1) is 11.3. The van der Waals surface area contributed by atoms with E-state index in [1.807, 2.05) is 0 Å². The molecule has 1 fully saturated rings. The zero-order valence-corrected chi connectivity index (χ0v) is 9.54. The Morgan fingerprint density at radius 2 is 2.06 bits per heavy atom. The molecule has 4 heteroatoms. The summed E-state index contributed by atoms with van der Waals surface area (Å²) >= 11 is 5.96. The van der Waals surface area contributed by atoms with Crippen LogP contribution in [0.15, 0.2) is 18.2 Å². The first-order valence-corrected chi connectivity index (χ1v) is 5.74. The van der Waals surface area contributed by atoms with Crippen LogP contribution >= 0.6 is 11.6 Å². The molecule has 3 nitrogen and oxygen atoms in total. The average molecular weight is 241 g/mol. The van der Waals surface area contributed by atoms with E-state index in [9.17, 15) is 4.79 Å². The molecule has 1 aliphatic carbocycles. The molecule has 0 spiro atoms. The standard InChI is InChI=1S/C12H13ClO3/c13-10-7-8(12(14)15)5-6-11(10)16-9-3-1-2-4-9/h5-7,9H,1-4H2,(H,14,15). The van der Waals surface area contributed by atoms with Crippen molar-refractivity contribution in [2.24, 2.45) is 0 Å². The van der Waals surface area contributed by atoms with Crippen LogP contribution in [0.3, 0.4) is 0 Å². The molecular formula is C12H13ClO3. The lowest BCUT2D eigenvalue weighted by Crippen LogP contribution is -2.11. The first-order valence-electron chi connectivity index (χ1n) is 5.36. The predicted molar refractivity (Wildman–Crippen MR) is 61.3 cm³/mol. The van der Waals surface area contributed by atoms with Gasteiger partial charge in [0.2, 0.25) is 0 Å². The van der Waals surface area contributed by atoms with Crippen molar-refractivity contribution in [3.8, 4) is 5.75 Å². The Labute approximate surface area is 99.0 Å². The van der Waals surface area contributed by atoms with Gasteiger partial charge in [0, 0.05) is 0 Å². The topological polar surface area (TPSA) is 46.5 Å². The molecule has 0 atom stereocenters. The second kappa shape index (κ2) is 4.74. The fourth-order valence-electron chi connectivity index (χ4n) is 1.92. The van der Waals surface area contributed by atoms with E-state index in [0.717, 1.165) is 12.8 Å². The van der Waals surface area contributed by atoms with Crippen LogP contribution < -0.4 is 4.74 Å². The van der Waals surface area contributed by atoms with Crippen LogP contribution in [-0.4, -0.2) is 17.2 Å². The fraction of sp³-hybridized carbons (Fsp3) is 0.417. The largest absolute Gasteiger partial charge is 0.489 e. The molecule has 1 aromatic carbocycles. The monoisotopic (exact) mass is 240 g/mol. The Hall–Kier alpha value is -1.22. The molecule has 0 amide bonds. The average Bonchev–Trinajstić information content (AvgIpc) is 2.73. The maximum absolute atomic E-state index is 10.7. The summed E-state index contributed by atoms with van der Waals surface area (Å²) < 4.78 is 5.72. The van der Waals surface area contributed by atoms with Crippen LogP contribution in [0.5, 0.6) is 5.75 Å². The second-order valence-corrected chi connectivity index (χ2v) is 4.38. The van der Waals surface area contributed by atoms with Crippen molar-refractivity contribution in [3.05, 3.63) is 28.8 Å². The summed E-state index contributed by atoms with van der Waals surface area (Å²) in [5.41, 5.74) is 0.184. The SMILES string of the molecule is O=C(O)c1ccc(OC2CCCC2)c(Cl)c1. The summed E-state index contributed by atoms with van der Waals surface area (Å²) in [6.07, 6.45) is 4.71. The molecule has 0 radical (unpaired) electrons. The van der Waals surface area contributed by atoms with Crippen LogP contribution in [0.25, 0.3) is 0 Å². The number of hydrogen-bond acceptors (Lipinski definition) is 2. The van der Waals surface area contributed by atoms with Gasteiger partial charge in [-0.25, -0.2) is 4.79 Å². The minimum absolute atomic E-state index is 0.184. The normalized spacial score (nSPS) is 16.3. The molecule has 1 aromatic rings. The van der Waals surface area contributed by atoms with Crippen LogP contribution in [-0.2, 0) is 0 Å². The molecule has 2 rings (SSSR count). The van der Waals surface area contributed by atoms with Gasteiger partial charge in [0.25, 0.3) is 0 Å². The molecule has 0 heterocycles. The minimum atomic E-state index is -0.977. The number of carboxylic acids is 1. The predicted octanol–water partition coefficient (Wildman–Crippen LogP) is 3.36. The highest BCUT2D eigenvalue weighted by molar-refractivity contribution is 6.32. The number of benzene rings is 1. The fourth-order valence-corrected chi connectivity index (χ4v) is 2.14. The summed E-state index contributed by atoms with van der Waals surface area (Å²) in [5.74, 6) is -0.395. The van der Waals surface area contributed by atoms with Gasteiger partial charge < -0.3 is 9.84 Å². The summed E-state index contributed by atoms with van der Waals surface area (Å²) in [4.78, 5) is 10.7. The highest BCUT2D eigenvalue weighted by Crippen LogP contribution is 2.30. The van der Waals surface area contributed by atoms with Gasteiger partial charge in [-0.2, -0.15) is 0 Å². The van der Waals surface area contributed by atoms with Crippen LogP contribution in [0.2, 0.25) is 5.02 Å². The third kappa shape index (κ3) is 2.47. The lowest BCUT2D eigenvalue weighted by molar-refractivity contribution is 0.0697. The van der Waals surface area contributed by atoms with Crippen molar-refractivity contribution in [1.82, 2.24) is 0 Å². The van der Waals surface area contributed by atoms with Gasteiger partial charge in [0.1, 0.15) is 5.75 Å². The molecule has 86 valence electrons. The Morgan fingerprint density at radius 3 is 2.62 bits per heavy atom. The number of ether oxygens (including phenoxy) is 1. The van der Waals surface area contributed by atoms with E-state index in [0.29, 0.717) is 10.8 Å². The van der Waals surface area contributed by atoms with E-state index in [2.05, 4.69) is 0 Å². The zero-order chi connectivity index (χ0) is 11.5. The Morgan fingerprint density at radius 1 is 1.38 bits per heavy atom. The van der Waals surface area contributed by atoms with E-state index in [1.54, 1.807) is 6.07 Å². The summed E-state index contributed by atoms with van der Waals surface area (Å²) in [6, 6.07) is 4.57. The summed E-state index contributed by atoms with van der Waals surface area (Å²) in [6.45, 7) is 0. The molecule has 0 saturated heterocycles. The zero-order valence-electron chi connectivity index (χ0n) is 8.78. The van der Waals surface area contributed by atoms with Crippen molar-refractivity contribution in [2.75, 3.05) is 0 Å². The lowest BCUT2D eigenvalue weighted by Gasteiger charge is -2.14. The lowest BCUT2D eigenvalue weighted by atomic mass is 10.2. The highest BCUT2D eigenvalue weighted by atomic mass is 35.5. The van der Waals surface area contributed by atoms with Gasteiger partial charge in [-0.05, 0) is 43.9 Å². The van der Waals surface area contributed by atoms with Gasteiger partial charge in [-0.15, -0.1) is 0 Å². The molecule has 0 unspecified atom stereocenters. The van der Waals surface area contributed by atoms with Crippen LogP contribution in [0, 0.1) is 0 Å². The van der Waals surface area contributed by atoms with Gasteiger partial charge in [0.05, 0.1) is 16.7 Å². The molecule has 1 N–H and O–H groups in total. The smallest absolute Gasteiger partial charge is 0.335 e. The highest BCUT2D eigenvalue weighted by Gasteiger charge is 2.18. The Bertz CT molecular complexity index is 397. The van der Waals surface area contributed by atoms with Crippen molar-refractivity contribution in [1.29, 1.82) is 0 Å². The number of rotatable bonds is 3. The van der Waals surface area contributed by atoms with Gasteiger partial charge in [-0.1, -0.05) is 11.6 Å².